The third kappa shape index (κ3) is 3.25. The van der Waals surface area contributed by atoms with Gasteiger partial charge in [0.25, 0.3) is 11.8 Å². The number of rotatable bonds is 4. The van der Waals surface area contributed by atoms with E-state index in [4.69, 9.17) is 0 Å². The molecule has 0 aromatic heterocycles. The average Bonchev–Trinajstić information content (AvgIpc) is 2.61. The van der Waals surface area contributed by atoms with E-state index in [1.54, 1.807) is 6.07 Å². The molecule has 1 aliphatic rings. The maximum atomic E-state index is 12.4. The molecule has 5 nitrogen and oxygen atoms in total. The van der Waals surface area contributed by atoms with Gasteiger partial charge in [0.1, 0.15) is 0 Å². The molecule has 2 N–H and O–H groups in total. The molecule has 1 heterocycles. The molecule has 1 aliphatic heterocycles. The first kappa shape index (κ1) is 16.1. The third-order valence-corrected chi connectivity index (χ3v) is 4.29. The van der Waals surface area contributed by atoms with Gasteiger partial charge in [0, 0.05) is 49.9 Å². The Balaban J connectivity index is 1.70. The zero-order chi connectivity index (χ0) is 17.1. The first-order valence-corrected chi connectivity index (χ1v) is 7.99. The lowest BCUT2D eigenvalue weighted by Crippen LogP contribution is -2.40. The van der Waals surface area contributed by atoms with Crippen molar-refractivity contribution in [1.82, 2.24) is 10.6 Å². The highest BCUT2D eigenvalue weighted by atomic mass is 16.2. The van der Waals surface area contributed by atoms with Gasteiger partial charge < -0.3 is 15.5 Å². The van der Waals surface area contributed by atoms with E-state index >= 15 is 0 Å². The predicted octanol–water partition coefficient (Wildman–Crippen LogP) is 2.01. The van der Waals surface area contributed by atoms with Crippen molar-refractivity contribution >= 4 is 17.5 Å². The molecular weight excluding hydrogens is 302 g/mol. The molecule has 0 radical (unpaired) electrons. The van der Waals surface area contributed by atoms with Crippen LogP contribution in [0.3, 0.4) is 0 Å². The minimum absolute atomic E-state index is 0.0492. The lowest BCUT2D eigenvalue weighted by molar-refractivity contribution is 0.0936. The van der Waals surface area contributed by atoms with Gasteiger partial charge in [0.2, 0.25) is 0 Å². The number of hydrogen-bond acceptors (Lipinski definition) is 3. The number of carbonyl (C=O) groups excluding carboxylic acids is 2. The Kier molecular flexibility index (Phi) is 4.51. The highest BCUT2D eigenvalue weighted by molar-refractivity contribution is 5.97. The molecule has 24 heavy (non-hydrogen) atoms. The maximum absolute atomic E-state index is 12.4. The zero-order valence-corrected chi connectivity index (χ0v) is 13.9. The second kappa shape index (κ2) is 6.74. The normalized spacial score (nSPS) is 16.1. The number of amides is 2. The lowest BCUT2D eigenvalue weighted by atomic mass is 9.90. The SMILES string of the molecule is CN(C)c1cccc(C(=O)NCC2CNC(=O)c3ccccc32)c1. The fourth-order valence-corrected chi connectivity index (χ4v) is 2.91. The Morgan fingerprint density at radius 3 is 2.79 bits per heavy atom. The summed E-state index contributed by atoms with van der Waals surface area (Å²) in [6, 6.07) is 15.1. The molecule has 2 aromatic carbocycles. The number of nitrogens with one attached hydrogen (secondary N) is 2. The predicted molar refractivity (Wildman–Crippen MR) is 94.6 cm³/mol. The number of nitrogens with zero attached hydrogens (tertiary/aromatic N) is 1. The van der Waals surface area contributed by atoms with Crippen molar-refractivity contribution in [2.24, 2.45) is 0 Å². The zero-order valence-electron chi connectivity index (χ0n) is 13.9. The van der Waals surface area contributed by atoms with Crippen molar-refractivity contribution in [3.63, 3.8) is 0 Å². The van der Waals surface area contributed by atoms with Crippen LogP contribution in [0.5, 0.6) is 0 Å². The van der Waals surface area contributed by atoms with Crippen molar-refractivity contribution in [2.45, 2.75) is 5.92 Å². The van der Waals surface area contributed by atoms with E-state index in [1.165, 1.54) is 0 Å². The third-order valence-electron chi connectivity index (χ3n) is 4.29. The summed E-state index contributed by atoms with van der Waals surface area (Å²) in [5, 5.41) is 5.86. The molecular formula is C19H21N3O2. The van der Waals surface area contributed by atoms with Gasteiger partial charge in [-0.2, -0.15) is 0 Å². The summed E-state index contributed by atoms with van der Waals surface area (Å²) >= 11 is 0. The quantitative estimate of drug-likeness (QED) is 0.905. The van der Waals surface area contributed by atoms with Crippen LogP contribution < -0.4 is 15.5 Å². The van der Waals surface area contributed by atoms with Gasteiger partial charge >= 0.3 is 0 Å². The highest BCUT2D eigenvalue weighted by Gasteiger charge is 2.25. The summed E-state index contributed by atoms with van der Waals surface area (Å²) in [4.78, 5) is 26.3. The van der Waals surface area contributed by atoms with Crippen molar-refractivity contribution in [3.05, 3.63) is 65.2 Å². The number of carbonyl (C=O) groups is 2. The van der Waals surface area contributed by atoms with Crippen molar-refractivity contribution in [1.29, 1.82) is 0 Å². The van der Waals surface area contributed by atoms with E-state index in [2.05, 4.69) is 10.6 Å². The largest absolute Gasteiger partial charge is 0.378 e. The maximum Gasteiger partial charge on any atom is 0.251 e. The van der Waals surface area contributed by atoms with Crippen LogP contribution in [0.2, 0.25) is 0 Å². The average molecular weight is 323 g/mol. The number of fused-ring (bicyclic) bond motifs is 1. The standard InChI is InChI=1S/C19H21N3O2/c1-22(2)15-7-5-6-13(10-15)18(23)20-11-14-12-21-19(24)17-9-4-3-8-16(14)17/h3-10,14H,11-12H2,1-2H3,(H,20,23)(H,21,24). The molecule has 5 heteroatoms. The van der Waals surface area contributed by atoms with E-state index in [-0.39, 0.29) is 17.7 Å². The summed E-state index contributed by atoms with van der Waals surface area (Å²) in [6.07, 6.45) is 0. The molecule has 124 valence electrons. The van der Waals surface area contributed by atoms with Crippen molar-refractivity contribution in [2.75, 3.05) is 32.1 Å². The smallest absolute Gasteiger partial charge is 0.251 e. The molecule has 1 unspecified atom stereocenters. The topological polar surface area (TPSA) is 61.4 Å². The van der Waals surface area contributed by atoms with E-state index in [1.807, 2.05) is 61.5 Å². The van der Waals surface area contributed by atoms with E-state index in [9.17, 15) is 9.59 Å². The van der Waals surface area contributed by atoms with Gasteiger partial charge in [-0.25, -0.2) is 0 Å². The van der Waals surface area contributed by atoms with Crippen LogP contribution in [0.4, 0.5) is 5.69 Å². The molecule has 0 bridgehead atoms. The molecule has 2 amide bonds. The summed E-state index contributed by atoms with van der Waals surface area (Å²) in [6.45, 7) is 1.02. The van der Waals surface area contributed by atoms with Crippen LogP contribution >= 0.6 is 0 Å². The first-order chi connectivity index (χ1) is 11.6. The van der Waals surface area contributed by atoms with Gasteiger partial charge in [-0.05, 0) is 29.8 Å². The van der Waals surface area contributed by atoms with E-state index in [0.717, 1.165) is 11.3 Å². The Labute approximate surface area is 141 Å². The fourth-order valence-electron chi connectivity index (χ4n) is 2.91. The van der Waals surface area contributed by atoms with E-state index in [0.29, 0.717) is 24.2 Å². The summed E-state index contributed by atoms with van der Waals surface area (Å²) in [5.74, 6) is -0.0696. The van der Waals surface area contributed by atoms with Crippen LogP contribution in [0.25, 0.3) is 0 Å². The van der Waals surface area contributed by atoms with Gasteiger partial charge in [-0.1, -0.05) is 24.3 Å². The second-order valence-electron chi connectivity index (χ2n) is 6.15. The molecule has 0 aliphatic carbocycles. The van der Waals surface area contributed by atoms with Crippen LogP contribution in [0.15, 0.2) is 48.5 Å². The first-order valence-electron chi connectivity index (χ1n) is 7.99. The molecule has 0 saturated heterocycles. The summed E-state index contributed by atoms with van der Waals surface area (Å²) in [7, 11) is 3.89. The number of hydrogen-bond donors (Lipinski definition) is 2. The Morgan fingerprint density at radius 2 is 2.00 bits per heavy atom. The summed E-state index contributed by atoms with van der Waals surface area (Å²) < 4.78 is 0. The Morgan fingerprint density at radius 1 is 1.21 bits per heavy atom. The van der Waals surface area contributed by atoms with Crippen LogP contribution in [0, 0.1) is 0 Å². The van der Waals surface area contributed by atoms with Gasteiger partial charge in [-0.15, -0.1) is 0 Å². The van der Waals surface area contributed by atoms with Gasteiger partial charge in [-0.3, -0.25) is 9.59 Å². The number of anilines is 1. The molecule has 2 aromatic rings. The van der Waals surface area contributed by atoms with Crippen molar-refractivity contribution in [3.8, 4) is 0 Å². The van der Waals surface area contributed by atoms with Crippen LogP contribution in [-0.4, -0.2) is 39.0 Å². The van der Waals surface area contributed by atoms with Crippen molar-refractivity contribution < 1.29 is 9.59 Å². The fraction of sp³-hybridized carbons (Fsp3) is 0.263. The minimum atomic E-state index is -0.104. The van der Waals surface area contributed by atoms with Gasteiger partial charge in [0.05, 0.1) is 0 Å². The second-order valence-corrected chi connectivity index (χ2v) is 6.15. The Hall–Kier alpha value is -2.82. The summed E-state index contributed by atoms with van der Waals surface area (Å²) in [5.41, 5.74) is 3.30. The lowest BCUT2D eigenvalue weighted by Gasteiger charge is -2.26. The van der Waals surface area contributed by atoms with Crippen LogP contribution in [-0.2, 0) is 0 Å². The van der Waals surface area contributed by atoms with E-state index < -0.39 is 0 Å². The van der Waals surface area contributed by atoms with Crippen LogP contribution in [0.1, 0.15) is 32.2 Å². The molecule has 3 rings (SSSR count). The highest BCUT2D eigenvalue weighted by Crippen LogP contribution is 2.23. The molecule has 0 spiro atoms. The molecule has 0 fully saturated rings. The number of benzene rings is 2. The Bertz CT molecular complexity index is 771. The minimum Gasteiger partial charge on any atom is -0.378 e. The molecule has 0 saturated carbocycles. The van der Waals surface area contributed by atoms with Gasteiger partial charge in [0.15, 0.2) is 0 Å². The molecule has 1 atom stereocenters. The monoisotopic (exact) mass is 323 g/mol.